The van der Waals surface area contributed by atoms with Gasteiger partial charge in [0.25, 0.3) is 5.56 Å². The quantitative estimate of drug-likeness (QED) is 0.793. The Bertz CT molecular complexity index is 529. The zero-order valence-electron chi connectivity index (χ0n) is 10.1. The van der Waals surface area contributed by atoms with E-state index in [4.69, 9.17) is 10.5 Å². The number of aryl methyl sites for hydroxylation is 1. The van der Waals surface area contributed by atoms with Crippen LogP contribution in [-0.4, -0.2) is 4.57 Å². The van der Waals surface area contributed by atoms with Crippen LogP contribution in [0.2, 0.25) is 0 Å². The Morgan fingerprint density at radius 1 is 1.41 bits per heavy atom. The molecule has 0 aliphatic carbocycles. The first-order valence-electron chi connectivity index (χ1n) is 5.51. The maximum atomic E-state index is 11.7. The van der Waals surface area contributed by atoms with Gasteiger partial charge in [-0.3, -0.25) is 4.79 Å². The summed E-state index contributed by atoms with van der Waals surface area (Å²) in [5, 5.41) is 17.6. The molecule has 0 radical (unpaired) electrons. The molecule has 0 atom stereocenters. The number of nitriles is 2. The minimum Gasteiger partial charge on any atom is -0.314 e. The van der Waals surface area contributed by atoms with Crippen molar-refractivity contribution in [3.8, 4) is 12.1 Å². The number of hydrogen-bond acceptors (Lipinski definition) is 3. The third-order valence-corrected chi connectivity index (χ3v) is 2.64. The van der Waals surface area contributed by atoms with Gasteiger partial charge in [-0.05, 0) is 38.8 Å². The van der Waals surface area contributed by atoms with Gasteiger partial charge in [0.05, 0.1) is 11.5 Å². The SMILES string of the molecule is CC(C)(C#N)CCCn1cccc(C#N)c1=O. The zero-order chi connectivity index (χ0) is 12.9. The van der Waals surface area contributed by atoms with E-state index in [1.807, 2.05) is 19.9 Å². The van der Waals surface area contributed by atoms with Crippen LogP contribution < -0.4 is 5.56 Å². The van der Waals surface area contributed by atoms with Crippen LogP contribution in [0.4, 0.5) is 0 Å². The molecule has 88 valence electrons. The van der Waals surface area contributed by atoms with E-state index < -0.39 is 0 Å². The first-order valence-corrected chi connectivity index (χ1v) is 5.51. The highest BCUT2D eigenvalue weighted by molar-refractivity contribution is 5.24. The maximum absolute atomic E-state index is 11.7. The fraction of sp³-hybridized carbons (Fsp3) is 0.462. The lowest BCUT2D eigenvalue weighted by atomic mass is 9.90. The third kappa shape index (κ3) is 3.46. The highest BCUT2D eigenvalue weighted by Crippen LogP contribution is 2.20. The van der Waals surface area contributed by atoms with E-state index in [2.05, 4.69) is 6.07 Å². The molecule has 0 N–H and O–H groups in total. The molecule has 17 heavy (non-hydrogen) atoms. The molecule has 4 heteroatoms. The Labute approximate surface area is 101 Å². The Kier molecular flexibility index (Phi) is 4.06. The molecule has 1 aromatic rings. The summed E-state index contributed by atoms with van der Waals surface area (Å²) in [6.45, 7) is 4.29. The zero-order valence-corrected chi connectivity index (χ0v) is 10.1. The Hall–Kier alpha value is -2.07. The second-order valence-corrected chi connectivity index (χ2v) is 4.63. The van der Waals surface area contributed by atoms with Gasteiger partial charge >= 0.3 is 0 Å². The summed E-state index contributed by atoms with van der Waals surface area (Å²) >= 11 is 0. The highest BCUT2D eigenvalue weighted by atomic mass is 16.1. The Balaban J connectivity index is 2.70. The summed E-state index contributed by atoms with van der Waals surface area (Å²) in [6, 6.07) is 7.29. The summed E-state index contributed by atoms with van der Waals surface area (Å²) in [5.41, 5.74) is -0.465. The third-order valence-electron chi connectivity index (χ3n) is 2.64. The topological polar surface area (TPSA) is 69.6 Å². The minimum atomic E-state index is -0.365. The second-order valence-electron chi connectivity index (χ2n) is 4.63. The molecular weight excluding hydrogens is 214 g/mol. The van der Waals surface area contributed by atoms with Crippen molar-refractivity contribution < 1.29 is 0 Å². The number of nitrogens with zero attached hydrogens (tertiary/aromatic N) is 3. The summed E-state index contributed by atoms with van der Waals surface area (Å²) < 4.78 is 1.52. The van der Waals surface area contributed by atoms with Gasteiger partial charge in [-0.15, -0.1) is 0 Å². The van der Waals surface area contributed by atoms with Gasteiger partial charge in [-0.2, -0.15) is 10.5 Å². The molecule has 1 heterocycles. The van der Waals surface area contributed by atoms with Gasteiger partial charge in [0.1, 0.15) is 11.6 Å². The van der Waals surface area contributed by atoms with Crippen LogP contribution in [0.3, 0.4) is 0 Å². The van der Waals surface area contributed by atoms with Gasteiger partial charge in [0, 0.05) is 12.7 Å². The fourth-order valence-electron chi connectivity index (χ4n) is 1.55. The van der Waals surface area contributed by atoms with Gasteiger partial charge < -0.3 is 4.57 Å². The van der Waals surface area contributed by atoms with E-state index in [-0.39, 0.29) is 16.5 Å². The van der Waals surface area contributed by atoms with Gasteiger partial charge in [-0.25, -0.2) is 0 Å². The van der Waals surface area contributed by atoms with Crippen LogP contribution >= 0.6 is 0 Å². The number of aromatic nitrogens is 1. The van der Waals surface area contributed by atoms with Crippen molar-refractivity contribution in [1.29, 1.82) is 10.5 Å². The molecule has 0 aliphatic heterocycles. The second kappa shape index (κ2) is 5.32. The van der Waals surface area contributed by atoms with E-state index in [1.54, 1.807) is 12.3 Å². The monoisotopic (exact) mass is 229 g/mol. The van der Waals surface area contributed by atoms with Gasteiger partial charge in [0.15, 0.2) is 0 Å². The van der Waals surface area contributed by atoms with E-state index >= 15 is 0 Å². The van der Waals surface area contributed by atoms with Crippen molar-refractivity contribution in [2.75, 3.05) is 0 Å². The molecule has 0 spiro atoms. The average Bonchev–Trinajstić information content (AvgIpc) is 2.31. The van der Waals surface area contributed by atoms with Gasteiger partial charge in [-0.1, -0.05) is 0 Å². The summed E-state index contributed by atoms with van der Waals surface area (Å²) in [7, 11) is 0. The van der Waals surface area contributed by atoms with Crippen molar-refractivity contribution in [2.45, 2.75) is 33.2 Å². The molecule has 0 saturated heterocycles. The first-order chi connectivity index (χ1) is 8.00. The molecule has 0 aliphatic rings. The van der Waals surface area contributed by atoms with E-state index in [9.17, 15) is 4.79 Å². The van der Waals surface area contributed by atoms with Crippen molar-refractivity contribution in [1.82, 2.24) is 4.57 Å². The molecule has 0 aromatic carbocycles. The van der Waals surface area contributed by atoms with Crippen LogP contribution in [0.5, 0.6) is 0 Å². The van der Waals surface area contributed by atoms with Crippen molar-refractivity contribution >= 4 is 0 Å². The minimum absolute atomic E-state index is 0.159. The highest BCUT2D eigenvalue weighted by Gasteiger charge is 2.15. The summed E-state index contributed by atoms with van der Waals surface area (Å²) in [5.74, 6) is 0. The number of hydrogen-bond donors (Lipinski definition) is 0. The molecular formula is C13H15N3O. The Morgan fingerprint density at radius 2 is 2.12 bits per heavy atom. The van der Waals surface area contributed by atoms with Gasteiger partial charge in [0.2, 0.25) is 0 Å². The average molecular weight is 229 g/mol. The number of pyridine rings is 1. The van der Waals surface area contributed by atoms with Crippen LogP contribution in [0.1, 0.15) is 32.3 Å². The molecule has 0 bridgehead atoms. The van der Waals surface area contributed by atoms with Crippen LogP contribution in [0.15, 0.2) is 23.1 Å². The summed E-state index contributed by atoms with van der Waals surface area (Å²) in [4.78, 5) is 11.7. The molecule has 0 saturated carbocycles. The predicted molar refractivity (Wildman–Crippen MR) is 64.0 cm³/mol. The lowest BCUT2D eigenvalue weighted by molar-refractivity contribution is 0.413. The largest absolute Gasteiger partial charge is 0.314 e. The molecule has 0 unspecified atom stereocenters. The van der Waals surface area contributed by atoms with Crippen LogP contribution in [0.25, 0.3) is 0 Å². The molecule has 1 aromatic heterocycles. The first kappa shape index (κ1) is 13.0. The molecule has 4 nitrogen and oxygen atoms in total. The van der Waals surface area contributed by atoms with Crippen molar-refractivity contribution in [3.05, 3.63) is 34.2 Å². The smallest absolute Gasteiger partial charge is 0.268 e. The molecule has 1 rings (SSSR count). The van der Waals surface area contributed by atoms with E-state index in [1.165, 1.54) is 10.6 Å². The predicted octanol–water partition coefficient (Wildman–Crippen LogP) is 2.05. The molecule has 0 fully saturated rings. The van der Waals surface area contributed by atoms with E-state index in [0.717, 1.165) is 12.8 Å². The maximum Gasteiger partial charge on any atom is 0.268 e. The molecule has 0 amide bonds. The normalized spacial score (nSPS) is 10.6. The van der Waals surface area contributed by atoms with Crippen molar-refractivity contribution in [3.63, 3.8) is 0 Å². The van der Waals surface area contributed by atoms with Crippen molar-refractivity contribution in [2.24, 2.45) is 5.41 Å². The lowest BCUT2D eigenvalue weighted by Gasteiger charge is -2.14. The summed E-state index contributed by atoms with van der Waals surface area (Å²) in [6.07, 6.45) is 3.14. The number of rotatable bonds is 4. The van der Waals surface area contributed by atoms with Crippen LogP contribution in [0, 0.1) is 28.1 Å². The standard InChI is InChI=1S/C13H15N3O/c1-13(2,10-15)6-4-8-16-7-3-5-11(9-14)12(16)17/h3,5,7H,4,6,8H2,1-2H3. The van der Waals surface area contributed by atoms with E-state index in [0.29, 0.717) is 6.54 Å². The Morgan fingerprint density at radius 3 is 2.71 bits per heavy atom. The fourth-order valence-corrected chi connectivity index (χ4v) is 1.55. The van der Waals surface area contributed by atoms with Crippen LogP contribution in [-0.2, 0) is 6.54 Å². The lowest BCUT2D eigenvalue weighted by Crippen LogP contribution is -2.22.